The molecule has 307 valence electrons. The number of rotatable bonds is 5. The molecule has 0 unspecified atom stereocenters. The molecule has 3 nitrogen and oxygen atoms in total. The van der Waals surface area contributed by atoms with E-state index in [0.29, 0.717) is 27.8 Å². The number of nitrogens with zero attached hydrogens (tertiary/aromatic N) is 2. The van der Waals surface area contributed by atoms with Gasteiger partial charge in [-0.2, -0.15) is 0 Å². The fourth-order valence-corrected chi connectivity index (χ4v) is 9.23. The summed E-state index contributed by atoms with van der Waals surface area (Å²) in [6, 6.07) is 40.9. The van der Waals surface area contributed by atoms with Crippen molar-refractivity contribution in [3.63, 3.8) is 0 Å². The molecule has 0 amide bonds. The molecule has 3 heterocycles. The van der Waals surface area contributed by atoms with Crippen LogP contribution in [0.3, 0.4) is 0 Å². The van der Waals surface area contributed by atoms with Crippen molar-refractivity contribution < 1.29 is 36.9 Å². The van der Waals surface area contributed by atoms with Gasteiger partial charge >= 0.3 is 0 Å². The van der Waals surface area contributed by atoms with Crippen molar-refractivity contribution in [2.75, 3.05) is 0 Å². The first kappa shape index (κ1) is 31.9. The van der Waals surface area contributed by atoms with Crippen LogP contribution in [0.2, 0.25) is 0 Å². The Bertz CT molecular complexity index is 3120. The second-order valence-electron chi connectivity index (χ2n) is 17.5. The first-order chi connectivity index (χ1) is 32.2. The maximum atomic E-state index is 9.40. The van der Waals surface area contributed by atoms with Crippen LogP contribution in [0.4, 0.5) is 0 Å². The zero-order valence-corrected chi connectivity index (χ0v) is 36.9. The third-order valence-corrected chi connectivity index (χ3v) is 12.3. The summed E-state index contributed by atoms with van der Waals surface area (Å²) in [7, 11) is 0. The van der Waals surface area contributed by atoms with Gasteiger partial charge in [-0.15, -0.1) is 47.5 Å². The third kappa shape index (κ3) is 8.79. The molecule has 3 aromatic heterocycles. The molecule has 1 spiro atoms. The standard InChI is InChI=1S/C32H30NO.C24H26N.Ir/c1-4-16-32(17-5-1)18-13-22(14-19-32)24-15-20-33-29(21-24)28-10-6-9-26-27-12-11-23-7-2-3-8-25(23)30(27)34-31(26)28;1-17-11-12-20(13-22(17)19-9-7-6-8-10-19)23-14-21(15-24(3,4)5)18(2)16-25-23;/h2-3,6-9,11-12,15,20-22H,1,4-5,13-14,16-19H2;6-11,13-14,16H,15H2,1-5H3;/q2*-1;/i22D;1D3,2D3,15D2;. The van der Waals surface area contributed by atoms with Crippen molar-refractivity contribution in [3.05, 3.63) is 156 Å². The van der Waals surface area contributed by atoms with Gasteiger partial charge in [0.05, 0.1) is 5.58 Å². The summed E-state index contributed by atoms with van der Waals surface area (Å²) >= 11 is 0. The first-order valence-corrected chi connectivity index (χ1v) is 21.0. The van der Waals surface area contributed by atoms with Crippen molar-refractivity contribution in [3.8, 4) is 33.6 Å². The van der Waals surface area contributed by atoms with Gasteiger partial charge in [0.1, 0.15) is 5.58 Å². The second kappa shape index (κ2) is 17.6. The molecule has 2 aliphatic carbocycles. The Morgan fingerprint density at radius 2 is 1.53 bits per heavy atom. The Kier molecular flexibility index (Phi) is 9.36. The average molecular weight is 974 g/mol. The number of benzene rings is 5. The summed E-state index contributed by atoms with van der Waals surface area (Å²) in [5, 5.41) is 4.50. The molecule has 0 N–H and O–H groups in total. The molecule has 8 aromatic rings. The predicted molar refractivity (Wildman–Crippen MR) is 247 cm³/mol. The van der Waals surface area contributed by atoms with E-state index in [4.69, 9.17) is 20.4 Å². The number of fused-ring (bicyclic) bond motifs is 5. The SMILES string of the molecule is [2H]C([2H])([2H])c1c[c-]c(-c2cc(C([2H])([2H])C(C)(C)C)c(C([2H])([2H])[2H])cn2)cc1-c1ccccc1.[2H]C1(c2ccnc(-c3[c-]ccc4c3oc3c5ccccc5ccc43)c2)CCC2(CCCCC2)CC1.[Ir]. The minimum absolute atomic E-state index is 0. The summed E-state index contributed by atoms with van der Waals surface area (Å²) in [5.41, 5.74) is 6.19. The summed E-state index contributed by atoms with van der Waals surface area (Å²) < 4.78 is 80.6. The van der Waals surface area contributed by atoms with Crippen molar-refractivity contribution in [2.24, 2.45) is 10.8 Å². The van der Waals surface area contributed by atoms with E-state index in [1.54, 1.807) is 26.8 Å². The number of hydrogen-bond acceptors (Lipinski definition) is 3. The van der Waals surface area contributed by atoms with Crippen LogP contribution < -0.4 is 0 Å². The van der Waals surface area contributed by atoms with Gasteiger partial charge in [0, 0.05) is 55.6 Å². The molecule has 1 radical (unpaired) electrons. The van der Waals surface area contributed by atoms with Gasteiger partial charge in [-0.25, -0.2) is 0 Å². The van der Waals surface area contributed by atoms with Crippen LogP contribution >= 0.6 is 0 Å². The van der Waals surface area contributed by atoms with Crippen molar-refractivity contribution in [2.45, 2.75) is 105 Å². The van der Waals surface area contributed by atoms with E-state index in [9.17, 15) is 1.37 Å². The third-order valence-electron chi connectivity index (χ3n) is 12.3. The van der Waals surface area contributed by atoms with Crippen LogP contribution in [0.5, 0.6) is 0 Å². The fourth-order valence-electron chi connectivity index (χ4n) is 9.23. The Hall–Kier alpha value is -4.89. The molecule has 0 aliphatic heterocycles. The maximum Gasteiger partial charge on any atom is 0.128 e. The number of aromatic nitrogens is 2. The Morgan fingerprint density at radius 1 is 0.767 bits per heavy atom. The molecule has 0 bridgehead atoms. The maximum absolute atomic E-state index is 9.40. The van der Waals surface area contributed by atoms with Crippen LogP contribution in [0.1, 0.15) is 119 Å². The molecular formula is C56H56IrN2O-2. The van der Waals surface area contributed by atoms with Crippen molar-refractivity contribution in [1.29, 1.82) is 0 Å². The normalized spacial score (nSPS) is 18.9. The Balaban J connectivity index is 0.000000184. The summed E-state index contributed by atoms with van der Waals surface area (Å²) in [6.45, 7) is 0.237. The summed E-state index contributed by atoms with van der Waals surface area (Å²) in [5.74, 6) is -0.529. The first-order valence-electron chi connectivity index (χ1n) is 25.5. The number of hydrogen-bond donors (Lipinski definition) is 0. The quantitative estimate of drug-likeness (QED) is 0.161. The van der Waals surface area contributed by atoms with Gasteiger partial charge < -0.3 is 14.4 Å². The molecule has 4 heteroatoms. The number of pyridine rings is 2. The molecule has 5 aromatic carbocycles. The minimum atomic E-state index is -2.54. The fraction of sp³-hybridized carbons (Fsp3) is 0.321. The number of aryl methyl sites for hydroxylation is 2. The average Bonchev–Trinajstić information content (AvgIpc) is 3.72. The van der Waals surface area contributed by atoms with Crippen molar-refractivity contribution in [1.82, 2.24) is 9.97 Å². The van der Waals surface area contributed by atoms with Crippen LogP contribution in [0.15, 0.2) is 126 Å². The monoisotopic (exact) mass is 974 g/mol. The Labute approximate surface area is 383 Å². The van der Waals surface area contributed by atoms with Crippen LogP contribution in [-0.2, 0) is 26.5 Å². The summed E-state index contributed by atoms with van der Waals surface area (Å²) in [4.78, 5) is 9.03. The van der Waals surface area contributed by atoms with Crippen LogP contribution in [-0.4, -0.2) is 9.97 Å². The van der Waals surface area contributed by atoms with E-state index >= 15 is 0 Å². The molecule has 10 rings (SSSR count). The van der Waals surface area contributed by atoms with E-state index in [1.165, 1.54) is 68.7 Å². The van der Waals surface area contributed by atoms with Gasteiger partial charge in [-0.1, -0.05) is 153 Å². The molecule has 2 saturated carbocycles. The molecule has 0 atom stereocenters. The van der Waals surface area contributed by atoms with E-state index in [2.05, 4.69) is 71.7 Å². The van der Waals surface area contributed by atoms with Gasteiger partial charge in [-0.05, 0) is 102 Å². The van der Waals surface area contributed by atoms with E-state index < -0.39 is 31.4 Å². The van der Waals surface area contributed by atoms with Crippen LogP contribution in [0.25, 0.3) is 66.4 Å². The molecule has 0 saturated heterocycles. The minimum Gasteiger partial charge on any atom is -0.500 e. The predicted octanol–water partition coefficient (Wildman–Crippen LogP) is 15.6. The van der Waals surface area contributed by atoms with Gasteiger partial charge in [0.2, 0.25) is 0 Å². The van der Waals surface area contributed by atoms with Gasteiger partial charge in [-0.3, -0.25) is 0 Å². The molecule has 60 heavy (non-hydrogen) atoms. The van der Waals surface area contributed by atoms with Crippen molar-refractivity contribution >= 4 is 32.7 Å². The smallest absolute Gasteiger partial charge is 0.128 e. The zero-order valence-electron chi connectivity index (χ0n) is 43.5. The van der Waals surface area contributed by atoms with E-state index in [1.807, 2.05) is 42.6 Å². The Morgan fingerprint density at radius 3 is 2.32 bits per heavy atom. The van der Waals surface area contributed by atoms with E-state index in [-0.39, 0.29) is 36.8 Å². The summed E-state index contributed by atoms with van der Waals surface area (Å²) in [6.07, 6.45) is 12.2. The molecular weight excluding hydrogens is 909 g/mol. The second-order valence-corrected chi connectivity index (χ2v) is 17.5. The zero-order chi connectivity index (χ0) is 48.3. The topological polar surface area (TPSA) is 38.9 Å². The molecule has 2 aliphatic rings. The van der Waals surface area contributed by atoms with Crippen LogP contribution in [0, 0.1) is 36.7 Å². The van der Waals surface area contributed by atoms with Gasteiger partial charge in [0.25, 0.3) is 0 Å². The number of furan rings is 1. The van der Waals surface area contributed by atoms with E-state index in [0.717, 1.165) is 57.0 Å². The molecule has 2 fully saturated rings. The van der Waals surface area contributed by atoms with Gasteiger partial charge in [0.15, 0.2) is 0 Å². The largest absolute Gasteiger partial charge is 0.500 e.